The molecule has 3 aliphatic rings. The molecule has 0 spiro atoms. The number of nitrogens with zero attached hydrogens (tertiary/aromatic N) is 4. The number of aliphatic hydroxyl groups is 1. The van der Waals surface area contributed by atoms with Crippen LogP contribution in [0.25, 0.3) is 0 Å². The predicted octanol–water partition coefficient (Wildman–Crippen LogP) is 0.779. The Morgan fingerprint density at radius 3 is 2.89 bits per heavy atom. The van der Waals surface area contributed by atoms with Gasteiger partial charge in [-0.1, -0.05) is 6.07 Å². The summed E-state index contributed by atoms with van der Waals surface area (Å²) in [6, 6.07) is 4.21. The zero-order valence-electron chi connectivity index (χ0n) is 16.3. The van der Waals surface area contributed by atoms with Crippen LogP contribution in [0.3, 0.4) is 0 Å². The molecule has 2 fully saturated rings. The fourth-order valence-corrected chi connectivity index (χ4v) is 5.20. The molecule has 2 N–H and O–H groups in total. The van der Waals surface area contributed by atoms with Crippen molar-refractivity contribution in [1.82, 2.24) is 24.3 Å². The zero-order valence-corrected chi connectivity index (χ0v) is 16.3. The minimum atomic E-state index is -0.688. The summed E-state index contributed by atoms with van der Waals surface area (Å²) in [6.07, 6.45) is 8.02. The third-order valence-corrected chi connectivity index (χ3v) is 6.80. The van der Waals surface area contributed by atoms with Gasteiger partial charge in [0.25, 0.3) is 5.56 Å². The average molecular weight is 383 g/mol. The van der Waals surface area contributed by atoms with Gasteiger partial charge in [0.05, 0.1) is 18.5 Å². The molecule has 2 aromatic rings. The van der Waals surface area contributed by atoms with Crippen LogP contribution in [0, 0.1) is 5.92 Å². The van der Waals surface area contributed by atoms with Crippen LogP contribution in [0.4, 0.5) is 0 Å². The Hall–Kier alpha value is -1.96. The molecule has 5 heterocycles. The summed E-state index contributed by atoms with van der Waals surface area (Å²) in [4.78, 5) is 19.5. The van der Waals surface area contributed by atoms with Crippen molar-refractivity contribution >= 4 is 0 Å². The van der Waals surface area contributed by atoms with Crippen LogP contribution in [0.2, 0.25) is 0 Å². The maximum absolute atomic E-state index is 13.1. The number of piperidine rings is 2. The molecular weight excluding hydrogens is 354 g/mol. The van der Waals surface area contributed by atoms with E-state index >= 15 is 0 Å². The van der Waals surface area contributed by atoms with Gasteiger partial charge in [-0.3, -0.25) is 9.69 Å². The van der Waals surface area contributed by atoms with E-state index in [1.165, 1.54) is 12.1 Å². The van der Waals surface area contributed by atoms with Crippen molar-refractivity contribution in [2.24, 2.45) is 5.92 Å². The minimum Gasteiger partial charge on any atom is -0.388 e. The van der Waals surface area contributed by atoms with Crippen molar-refractivity contribution < 1.29 is 5.11 Å². The first-order valence-corrected chi connectivity index (χ1v) is 10.4. The standard InChI is InChI=1S/C21H29N5O2/c27-20-17(1-2-19-18-9-16(10-23-11-18)12-26(19)20)13-24-6-3-21(28,4-7-24)14-25-8-5-22-15-25/h1-2,5,8,15-16,18,23,28H,3-4,6-7,9-14H2/t16-,18+/m0/s1. The molecule has 2 bridgehead atoms. The van der Waals surface area contributed by atoms with E-state index in [4.69, 9.17) is 0 Å². The molecular formula is C21H29N5O2. The Morgan fingerprint density at radius 2 is 2.11 bits per heavy atom. The normalized spacial score (nSPS) is 26.8. The topological polar surface area (TPSA) is 75.3 Å². The van der Waals surface area contributed by atoms with Crippen LogP contribution < -0.4 is 10.9 Å². The van der Waals surface area contributed by atoms with Gasteiger partial charge in [0.15, 0.2) is 0 Å². The van der Waals surface area contributed by atoms with E-state index in [0.29, 0.717) is 37.8 Å². The maximum atomic E-state index is 13.1. The van der Waals surface area contributed by atoms with Gasteiger partial charge in [0.1, 0.15) is 0 Å². The molecule has 7 nitrogen and oxygen atoms in total. The fraction of sp³-hybridized carbons (Fsp3) is 0.619. The van der Waals surface area contributed by atoms with Gasteiger partial charge in [-0.25, -0.2) is 4.98 Å². The molecule has 0 unspecified atom stereocenters. The molecule has 7 heteroatoms. The molecule has 0 aromatic carbocycles. The second kappa shape index (κ2) is 7.13. The Labute approximate surface area is 165 Å². The van der Waals surface area contributed by atoms with Gasteiger partial charge in [0.2, 0.25) is 0 Å². The van der Waals surface area contributed by atoms with Gasteiger partial charge < -0.3 is 19.6 Å². The third kappa shape index (κ3) is 3.43. The highest BCUT2D eigenvalue weighted by molar-refractivity contribution is 5.22. The Kier molecular flexibility index (Phi) is 4.61. The quantitative estimate of drug-likeness (QED) is 0.816. The number of likely N-dealkylation sites (tertiary alicyclic amines) is 1. The highest BCUT2D eigenvalue weighted by Gasteiger charge is 2.34. The van der Waals surface area contributed by atoms with Crippen molar-refractivity contribution in [3.05, 3.63) is 52.5 Å². The highest BCUT2D eigenvalue weighted by Crippen LogP contribution is 2.32. The number of imidazole rings is 1. The van der Waals surface area contributed by atoms with Crippen molar-refractivity contribution in [3.63, 3.8) is 0 Å². The van der Waals surface area contributed by atoms with Crippen LogP contribution in [-0.4, -0.2) is 55.9 Å². The molecule has 3 aliphatic heterocycles. The first-order chi connectivity index (χ1) is 13.6. The minimum absolute atomic E-state index is 0.188. The molecule has 2 atom stereocenters. The van der Waals surface area contributed by atoms with Crippen LogP contribution in [0.1, 0.15) is 36.4 Å². The van der Waals surface area contributed by atoms with Gasteiger partial charge in [-0.05, 0) is 37.8 Å². The molecule has 0 saturated carbocycles. The monoisotopic (exact) mass is 383 g/mol. The molecule has 0 aliphatic carbocycles. The van der Waals surface area contributed by atoms with Gasteiger partial charge >= 0.3 is 0 Å². The van der Waals surface area contributed by atoms with Gasteiger partial charge in [-0.15, -0.1) is 0 Å². The smallest absolute Gasteiger partial charge is 0.255 e. The summed E-state index contributed by atoms with van der Waals surface area (Å²) in [6.45, 7) is 5.72. The summed E-state index contributed by atoms with van der Waals surface area (Å²) in [5.74, 6) is 1.05. The van der Waals surface area contributed by atoms with Crippen molar-refractivity contribution in [2.75, 3.05) is 26.2 Å². The van der Waals surface area contributed by atoms with Crippen LogP contribution in [0.5, 0.6) is 0 Å². The van der Waals surface area contributed by atoms with E-state index in [1.54, 1.807) is 12.5 Å². The first kappa shape index (κ1) is 18.1. The van der Waals surface area contributed by atoms with Crippen molar-refractivity contribution in [1.29, 1.82) is 0 Å². The average Bonchev–Trinajstić information content (AvgIpc) is 3.19. The fourth-order valence-electron chi connectivity index (χ4n) is 5.20. The Balaban J connectivity index is 1.26. The lowest BCUT2D eigenvalue weighted by Crippen LogP contribution is -2.48. The van der Waals surface area contributed by atoms with Crippen LogP contribution in [0.15, 0.2) is 35.6 Å². The second-order valence-electron chi connectivity index (χ2n) is 8.89. The number of hydrogen-bond donors (Lipinski definition) is 2. The highest BCUT2D eigenvalue weighted by atomic mass is 16.3. The number of rotatable bonds is 4. The summed E-state index contributed by atoms with van der Waals surface area (Å²) in [5.41, 5.74) is 1.59. The first-order valence-electron chi connectivity index (χ1n) is 10.4. The summed E-state index contributed by atoms with van der Waals surface area (Å²) < 4.78 is 3.98. The van der Waals surface area contributed by atoms with Gasteiger partial charge in [0, 0.05) is 62.3 Å². The number of fused-ring (bicyclic) bond motifs is 4. The van der Waals surface area contributed by atoms with E-state index in [1.807, 2.05) is 21.4 Å². The zero-order chi connectivity index (χ0) is 19.1. The lowest BCUT2D eigenvalue weighted by molar-refractivity contribution is -0.0358. The predicted molar refractivity (Wildman–Crippen MR) is 106 cm³/mol. The van der Waals surface area contributed by atoms with E-state index in [0.717, 1.165) is 38.3 Å². The molecule has 28 heavy (non-hydrogen) atoms. The van der Waals surface area contributed by atoms with E-state index in [2.05, 4.69) is 21.3 Å². The maximum Gasteiger partial charge on any atom is 0.255 e. The van der Waals surface area contributed by atoms with Crippen molar-refractivity contribution in [2.45, 2.75) is 50.4 Å². The largest absolute Gasteiger partial charge is 0.388 e. The molecule has 5 rings (SSSR count). The summed E-state index contributed by atoms with van der Waals surface area (Å²) >= 11 is 0. The lowest BCUT2D eigenvalue weighted by Gasteiger charge is -2.39. The van der Waals surface area contributed by atoms with E-state index in [-0.39, 0.29) is 5.56 Å². The molecule has 0 radical (unpaired) electrons. The molecule has 150 valence electrons. The SMILES string of the molecule is O=c1c(CN2CCC(O)(Cn3ccnc3)CC2)ccc2n1C[C@@H]1CNC[C@H]2C1. The molecule has 2 aromatic heterocycles. The molecule has 2 saturated heterocycles. The van der Waals surface area contributed by atoms with E-state index < -0.39 is 5.60 Å². The summed E-state index contributed by atoms with van der Waals surface area (Å²) in [5, 5.41) is 14.4. The van der Waals surface area contributed by atoms with Crippen molar-refractivity contribution in [3.8, 4) is 0 Å². The number of aromatic nitrogens is 3. The number of nitrogens with one attached hydrogen (secondary N) is 1. The number of pyridine rings is 1. The van der Waals surface area contributed by atoms with Gasteiger partial charge in [-0.2, -0.15) is 0 Å². The second-order valence-corrected chi connectivity index (χ2v) is 8.89. The number of hydrogen-bond acceptors (Lipinski definition) is 5. The Morgan fingerprint density at radius 1 is 1.25 bits per heavy atom. The molecule has 0 amide bonds. The third-order valence-electron chi connectivity index (χ3n) is 6.80. The van der Waals surface area contributed by atoms with Crippen LogP contribution >= 0.6 is 0 Å². The summed E-state index contributed by atoms with van der Waals surface area (Å²) in [7, 11) is 0. The van der Waals surface area contributed by atoms with E-state index in [9.17, 15) is 9.90 Å². The Bertz CT molecular complexity index is 883. The van der Waals surface area contributed by atoms with Crippen LogP contribution in [-0.2, 0) is 19.6 Å². The lowest BCUT2D eigenvalue weighted by atomic mass is 9.84.